The standard InChI is InChI=1S/C12H21NO3/c1-3-10(12(15)16-2)6-8-13-7-4-5-11(13)9-14/h6,11,14H,3-5,7-9H2,1-2H3. The molecule has 1 heterocycles. The Bertz CT molecular complexity index is 263. The average molecular weight is 227 g/mol. The first-order valence-electron chi connectivity index (χ1n) is 5.85. The van der Waals surface area contributed by atoms with Gasteiger partial charge in [0.25, 0.3) is 0 Å². The summed E-state index contributed by atoms with van der Waals surface area (Å²) in [6.45, 7) is 3.87. The Morgan fingerprint density at radius 2 is 2.38 bits per heavy atom. The molecule has 0 aromatic heterocycles. The van der Waals surface area contributed by atoms with E-state index in [9.17, 15) is 4.79 Å². The van der Waals surface area contributed by atoms with Gasteiger partial charge in [0.1, 0.15) is 0 Å². The largest absolute Gasteiger partial charge is 0.466 e. The van der Waals surface area contributed by atoms with Crippen molar-refractivity contribution in [2.45, 2.75) is 32.2 Å². The fraction of sp³-hybridized carbons (Fsp3) is 0.750. The van der Waals surface area contributed by atoms with Gasteiger partial charge in [-0.2, -0.15) is 0 Å². The van der Waals surface area contributed by atoms with Crippen LogP contribution in [0.25, 0.3) is 0 Å². The maximum atomic E-state index is 11.3. The summed E-state index contributed by atoms with van der Waals surface area (Å²) < 4.78 is 4.70. The molecular weight excluding hydrogens is 206 g/mol. The molecule has 16 heavy (non-hydrogen) atoms. The van der Waals surface area contributed by atoms with Crippen molar-refractivity contribution < 1.29 is 14.6 Å². The van der Waals surface area contributed by atoms with Crippen molar-refractivity contribution in [1.82, 2.24) is 4.90 Å². The van der Waals surface area contributed by atoms with Crippen LogP contribution in [0.15, 0.2) is 11.6 Å². The Morgan fingerprint density at radius 1 is 1.62 bits per heavy atom. The Labute approximate surface area is 96.9 Å². The molecule has 0 spiro atoms. The summed E-state index contributed by atoms with van der Waals surface area (Å²) in [4.78, 5) is 13.5. The molecule has 0 aromatic carbocycles. The SMILES string of the molecule is CCC(=CCN1CCCC1CO)C(=O)OC. The van der Waals surface area contributed by atoms with Gasteiger partial charge >= 0.3 is 5.97 Å². The highest BCUT2D eigenvalue weighted by molar-refractivity contribution is 5.88. The molecule has 1 aliphatic rings. The Morgan fingerprint density at radius 3 is 2.94 bits per heavy atom. The van der Waals surface area contributed by atoms with Crippen LogP contribution in [0.2, 0.25) is 0 Å². The molecule has 0 aromatic rings. The van der Waals surface area contributed by atoms with E-state index < -0.39 is 0 Å². The molecule has 0 aliphatic carbocycles. The van der Waals surface area contributed by atoms with Crippen LogP contribution < -0.4 is 0 Å². The molecule has 0 bridgehead atoms. The summed E-state index contributed by atoms with van der Waals surface area (Å²) in [5.41, 5.74) is 0.714. The minimum Gasteiger partial charge on any atom is -0.466 e. The van der Waals surface area contributed by atoms with Crippen LogP contribution in [-0.4, -0.2) is 48.8 Å². The molecule has 0 radical (unpaired) electrons. The van der Waals surface area contributed by atoms with Gasteiger partial charge in [0.2, 0.25) is 0 Å². The Balaban J connectivity index is 2.52. The highest BCUT2D eigenvalue weighted by Gasteiger charge is 2.22. The number of carbonyl (C=O) groups is 1. The second-order valence-corrected chi connectivity index (χ2v) is 4.05. The van der Waals surface area contributed by atoms with Gasteiger partial charge < -0.3 is 9.84 Å². The smallest absolute Gasteiger partial charge is 0.333 e. The monoisotopic (exact) mass is 227 g/mol. The van der Waals surface area contributed by atoms with Gasteiger partial charge in [0.15, 0.2) is 0 Å². The number of hydrogen-bond donors (Lipinski definition) is 1. The predicted molar refractivity (Wildman–Crippen MR) is 62.1 cm³/mol. The number of likely N-dealkylation sites (tertiary alicyclic amines) is 1. The van der Waals surface area contributed by atoms with Crippen LogP contribution in [0.1, 0.15) is 26.2 Å². The van der Waals surface area contributed by atoms with Gasteiger partial charge in [-0.25, -0.2) is 4.79 Å². The van der Waals surface area contributed by atoms with E-state index in [2.05, 4.69) is 4.90 Å². The summed E-state index contributed by atoms with van der Waals surface area (Å²) in [6.07, 6.45) is 4.77. The van der Waals surface area contributed by atoms with Gasteiger partial charge in [-0.05, 0) is 25.8 Å². The zero-order chi connectivity index (χ0) is 12.0. The number of carbonyl (C=O) groups excluding carboxylic acids is 1. The fourth-order valence-corrected chi connectivity index (χ4v) is 2.07. The molecule has 92 valence electrons. The van der Waals surface area contributed by atoms with Crippen molar-refractivity contribution in [2.24, 2.45) is 0 Å². The normalized spacial score (nSPS) is 22.4. The van der Waals surface area contributed by atoms with Gasteiger partial charge in [0.05, 0.1) is 13.7 Å². The Hall–Kier alpha value is -0.870. The number of aliphatic hydroxyl groups excluding tert-OH is 1. The molecule has 0 amide bonds. The topological polar surface area (TPSA) is 49.8 Å². The number of methoxy groups -OCH3 is 1. The molecule has 1 aliphatic heterocycles. The lowest BCUT2D eigenvalue weighted by molar-refractivity contribution is -0.136. The molecule has 1 fully saturated rings. The van der Waals surface area contributed by atoms with Crippen molar-refractivity contribution in [3.05, 3.63) is 11.6 Å². The number of ether oxygens (including phenoxy) is 1. The summed E-state index contributed by atoms with van der Waals surface area (Å²) >= 11 is 0. The third-order valence-electron chi connectivity index (χ3n) is 3.11. The van der Waals surface area contributed by atoms with E-state index in [1.54, 1.807) is 0 Å². The maximum absolute atomic E-state index is 11.3. The van der Waals surface area contributed by atoms with Gasteiger partial charge in [-0.3, -0.25) is 4.90 Å². The van der Waals surface area contributed by atoms with Gasteiger partial charge in [-0.1, -0.05) is 13.0 Å². The number of hydrogen-bond acceptors (Lipinski definition) is 4. The maximum Gasteiger partial charge on any atom is 0.333 e. The van der Waals surface area contributed by atoms with Gasteiger partial charge in [-0.15, -0.1) is 0 Å². The van der Waals surface area contributed by atoms with Crippen LogP contribution >= 0.6 is 0 Å². The fourth-order valence-electron chi connectivity index (χ4n) is 2.07. The summed E-state index contributed by atoms with van der Waals surface area (Å²) in [6, 6.07) is 0.256. The molecule has 4 heteroatoms. The molecule has 1 unspecified atom stereocenters. The highest BCUT2D eigenvalue weighted by Crippen LogP contribution is 2.16. The van der Waals surface area contributed by atoms with Crippen molar-refractivity contribution in [3.8, 4) is 0 Å². The van der Waals surface area contributed by atoms with E-state index in [4.69, 9.17) is 9.84 Å². The lowest BCUT2D eigenvalue weighted by atomic mass is 10.2. The minimum absolute atomic E-state index is 0.202. The van der Waals surface area contributed by atoms with Crippen LogP contribution in [0, 0.1) is 0 Å². The lowest BCUT2D eigenvalue weighted by Crippen LogP contribution is -2.32. The first-order valence-corrected chi connectivity index (χ1v) is 5.85. The molecule has 1 saturated heterocycles. The highest BCUT2D eigenvalue weighted by atomic mass is 16.5. The van der Waals surface area contributed by atoms with E-state index in [0.29, 0.717) is 12.0 Å². The number of rotatable bonds is 5. The van der Waals surface area contributed by atoms with E-state index in [0.717, 1.165) is 25.9 Å². The molecule has 0 saturated carbocycles. The van der Waals surface area contributed by atoms with Crippen molar-refractivity contribution >= 4 is 5.97 Å². The molecular formula is C12H21NO3. The van der Waals surface area contributed by atoms with E-state index in [1.807, 2.05) is 13.0 Å². The van der Waals surface area contributed by atoms with Gasteiger partial charge in [0, 0.05) is 18.2 Å². The van der Waals surface area contributed by atoms with Crippen molar-refractivity contribution in [2.75, 3.05) is 26.8 Å². The third-order valence-corrected chi connectivity index (χ3v) is 3.11. The van der Waals surface area contributed by atoms with E-state index in [1.165, 1.54) is 7.11 Å². The quantitative estimate of drug-likeness (QED) is 0.561. The van der Waals surface area contributed by atoms with Crippen LogP contribution in [0.5, 0.6) is 0 Å². The summed E-state index contributed by atoms with van der Waals surface area (Å²) in [7, 11) is 1.40. The number of nitrogens with zero attached hydrogens (tertiary/aromatic N) is 1. The summed E-state index contributed by atoms with van der Waals surface area (Å²) in [5, 5.41) is 9.16. The predicted octanol–water partition coefficient (Wildman–Crippen LogP) is 0.952. The summed E-state index contributed by atoms with van der Waals surface area (Å²) in [5.74, 6) is -0.248. The van der Waals surface area contributed by atoms with Crippen molar-refractivity contribution in [1.29, 1.82) is 0 Å². The van der Waals surface area contributed by atoms with Crippen LogP contribution in [0.3, 0.4) is 0 Å². The van der Waals surface area contributed by atoms with Crippen LogP contribution in [-0.2, 0) is 9.53 Å². The number of esters is 1. The molecule has 1 N–H and O–H groups in total. The molecule has 1 atom stereocenters. The van der Waals surface area contributed by atoms with E-state index >= 15 is 0 Å². The Kier molecular flexibility index (Phi) is 5.49. The minimum atomic E-state index is -0.248. The second kappa shape index (κ2) is 6.66. The third kappa shape index (κ3) is 3.32. The molecule has 4 nitrogen and oxygen atoms in total. The first kappa shape index (κ1) is 13.2. The average Bonchev–Trinajstić information content (AvgIpc) is 2.76. The first-order chi connectivity index (χ1) is 7.72. The zero-order valence-corrected chi connectivity index (χ0v) is 10.1. The van der Waals surface area contributed by atoms with Crippen molar-refractivity contribution in [3.63, 3.8) is 0 Å². The lowest BCUT2D eigenvalue weighted by Gasteiger charge is -2.21. The second-order valence-electron chi connectivity index (χ2n) is 4.05. The number of aliphatic hydroxyl groups is 1. The zero-order valence-electron chi connectivity index (χ0n) is 10.1. The van der Waals surface area contributed by atoms with E-state index in [-0.39, 0.29) is 18.6 Å². The van der Waals surface area contributed by atoms with Crippen LogP contribution in [0.4, 0.5) is 0 Å². The molecule has 1 rings (SSSR count).